The van der Waals surface area contributed by atoms with Crippen molar-refractivity contribution in [2.24, 2.45) is 16.7 Å². The molecule has 10 rings (SSSR count). The first kappa shape index (κ1) is 91.1. The molecule has 6 aromatic carbocycles. The fraction of sp³-hybridized carbons (Fsp3) is 0.515. The van der Waals surface area contributed by atoms with E-state index in [-0.39, 0.29) is 50.5 Å². The highest BCUT2D eigenvalue weighted by atomic mass is 16.1. The van der Waals surface area contributed by atoms with E-state index < -0.39 is 0 Å². The number of fused-ring (bicyclic) bond motifs is 4. The van der Waals surface area contributed by atoms with Crippen LogP contribution >= 0.6 is 0 Å². The summed E-state index contributed by atoms with van der Waals surface area (Å²) in [4.78, 5) is 36.9. The Hall–Kier alpha value is -8.51. The van der Waals surface area contributed by atoms with E-state index in [1.807, 2.05) is 65.8 Å². The maximum atomic E-state index is 12.6. The van der Waals surface area contributed by atoms with Crippen molar-refractivity contribution >= 4 is 81.5 Å². The second-order valence-electron chi connectivity index (χ2n) is 37.1. The molecule has 6 aromatic rings. The third-order valence-electron chi connectivity index (χ3n) is 19.2. The minimum atomic E-state index is -0.320. The minimum absolute atomic E-state index is 0.0373. The zero-order valence-corrected chi connectivity index (χ0v) is 73.2. The van der Waals surface area contributed by atoms with Gasteiger partial charge in [0, 0.05) is 163 Å². The first-order valence-electron chi connectivity index (χ1n) is 40.7. The molecule has 12 nitrogen and oxygen atoms in total. The molecule has 2 unspecified atom stereocenters. The van der Waals surface area contributed by atoms with E-state index in [1.54, 1.807) is 0 Å². The zero-order chi connectivity index (χ0) is 81.7. The van der Waals surface area contributed by atoms with Gasteiger partial charge in [0.1, 0.15) is 0 Å². The summed E-state index contributed by atoms with van der Waals surface area (Å²) in [6.45, 7) is 63.7. The van der Waals surface area contributed by atoms with Crippen LogP contribution in [-0.4, -0.2) is 69.7 Å². The lowest BCUT2D eigenvalue weighted by atomic mass is 9.81. The molecule has 0 aromatic heterocycles. The van der Waals surface area contributed by atoms with Crippen LogP contribution in [0.5, 0.6) is 0 Å². The topological polar surface area (TPSA) is 159 Å². The number of anilines is 7. The molecule has 596 valence electrons. The highest BCUT2D eigenvalue weighted by Gasteiger charge is 2.32. The maximum absolute atomic E-state index is 12.6. The van der Waals surface area contributed by atoms with Gasteiger partial charge in [-0.25, -0.2) is 0 Å². The van der Waals surface area contributed by atoms with Crippen LogP contribution in [-0.2, 0) is 35.3 Å². The Morgan fingerprint density at radius 1 is 0.367 bits per heavy atom. The Morgan fingerprint density at radius 2 is 0.771 bits per heavy atom. The van der Waals surface area contributed by atoms with Gasteiger partial charge in [-0.1, -0.05) is 106 Å². The number of allylic oxidation sites excluding steroid dienone is 4. The van der Waals surface area contributed by atoms with Gasteiger partial charge in [-0.2, -0.15) is 0 Å². The molecule has 109 heavy (non-hydrogen) atoms. The molecular formula is C97H145N9O3. The van der Waals surface area contributed by atoms with Crippen molar-refractivity contribution in [3.63, 3.8) is 0 Å². The molecule has 0 bridgehead atoms. The number of ketones is 3. The predicted octanol–water partition coefficient (Wildman–Crippen LogP) is 24.7. The van der Waals surface area contributed by atoms with Crippen molar-refractivity contribution in [2.45, 2.75) is 311 Å². The van der Waals surface area contributed by atoms with Crippen molar-refractivity contribution < 1.29 is 14.4 Å². The van der Waals surface area contributed by atoms with E-state index in [4.69, 9.17) is 0 Å². The molecule has 0 amide bonds. The van der Waals surface area contributed by atoms with Crippen molar-refractivity contribution in [1.29, 1.82) is 0 Å². The molecule has 4 aliphatic rings. The Balaban J connectivity index is 0.000000235. The van der Waals surface area contributed by atoms with Crippen LogP contribution in [0.2, 0.25) is 0 Å². The molecule has 0 fully saturated rings. The maximum Gasteiger partial charge on any atom is 0.168 e. The number of nitrogens with one attached hydrogen (secondary N) is 9. The van der Waals surface area contributed by atoms with Crippen LogP contribution in [0.4, 0.5) is 39.8 Å². The van der Waals surface area contributed by atoms with Gasteiger partial charge in [0.05, 0.1) is 0 Å². The van der Waals surface area contributed by atoms with Gasteiger partial charge >= 0.3 is 0 Å². The predicted molar refractivity (Wildman–Crippen MR) is 478 cm³/mol. The van der Waals surface area contributed by atoms with Gasteiger partial charge in [-0.05, 0) is 318 Å². The molecule has 0 aliphatic heterocycles. The summed E-state index contributed by atoms with van der Waals surface area (Å²) < 4.78 is 0. The highest BCUT2D eigenvalue weighted by molar-refractivity contribution is 6.06. The van der Waals surface area contributed by atoms with Gasteiger partial charge in [-0.3, -0.25) is 14.4 Å². The third-order valence-corrected chi connectivity index (χ3v) is 19.2. The second-order valence-corrected chi connectivity index (χ2v) is 37.1. The van der Waals surface area contributed by atoms with E-state index in [0.29, 0.717) is 36.0 Å². The molecule has 12 heteroatoms. The Kier molecular flexibility index (Phi) is 33.4. The lowest BCUT2D eigenvalue weighted by molar-refractivity contribution is -0.123. The largest absolute Gasteiger partial charge is 0.386 e. The summed E-state index contributed by atoms with van der Waals surface area (Å²) in [5.41, 5.74) is 23.8. The molecule has 0 heterocycles. The standard InChI is InChI=1S/C18H25NO.C17H26N2.C17H23NO.C16H24N2.C15H23NO.C14H24N2/c1-6-18(4,5)17(20)14-10-13-8-7-9-16(15(13)11-14)19-12(2)3;1-6-17(4,5)19-16-9-13-7-8-15(18-12(2)3)10-14(13)11-16;1-5-12(4)17(19)15-8-13-6-7-16(18-11(2)3)10-14(13)9-15;1-5-12(4)18-14-9-13-7-6-8-16(15(13)10-14)17-11(2)3;1-14(2,3)13(17)11-7-9-12(10-8-11)16-15(4,5)6;1-13(2,3)15-11-7-9-12(10-8-11)16-14(4,5)6/h7-10,12,19H,6,11H2,1-5H3;7-8,10-12,18-19H,6,9H2,1-5H3;6-7,9-12,18H,5,8H2,1-4H3;6-9,11-12,17-18H,5,10H2,1-4H3;7-10,16H,1-6H3;7-10,15-16H,1-6H3. The number of carbonyl (C=O) groups excluding carboxylic acids is 3. The van der Waals surface area contributed by atoms with Gasteiger partial charge in [0.25, 0.3) is 0 Å². The van der Waals surface area contributed by atoms with Crippen molar-refractivity contribution in [3.8, 4) is 0 Å². The lowest BCUT2D eigenvalue weighted by Crippen LogP contribution is -2.37. The van der Waals surface area contributed by atoms with Crippen LogP contribution in [0.1, 0.15) is 288 Å². The summed E-state index contributed by atoms with van der Waals surface area (Å²) in [6, 6.07) is 44.3. The molecule has 0 spiro atoms. The summed E-state index contributed by atoms with van der Waals surface area (Å²) in [6.07, 6.45) is 16.4. The van der Waals surface area contributed by atoms with Crippen molar-refractivity contribution in [3.05, 3.63) is 194 Å². The minimum Gasteiger partial charge on any atom is -0.386 e. The first-order chi connectivity index (χ1) is 50.6. The molecule has 0 saturated heterocycles. The van der Waals surface area contributed by atoms with Gasteiger partial charge in [0.2, 0.25) is 0 Å². The molecular weight excluding hydrogens is 1340 g/mol. The number of rotatable bonds is 24. The Morgan fingerprint density at radius 3 is 1.18 bits per heavy atom. The summed E-state index contributed by atoms with van der Waals surface area (Å²) in [5, 5.41) is 31.4. The lowest BCUT2D eigenvalue weighted by Gasteiger charge is -2.26. The number of Topliss-reactive ketones (excluding diaryl/α,β-unsaturated/α-hetero) is 3. The summed E-state index contributed by atoms with van der Waals surface area (Å²) in [7, 11) is 0. The molecule has 9 N–H and O–H groups in total. The van der Waals surface area contributed by atoms with Crippen LogP contribution in [0.3, 0.4) is 0 Å². The average molecular weight is 1490 g/mol. The van der Waals surface area contributed by atoms with E-state index in [1.165, 1.54) is 67.3 Å². The SMILES string of the molecule is CC(C)(C)Nc1ccc(C(=O)C(C)(C)C)cc1.CC(C)(C)Nc1ccc(NC(C)(C)C)cc1.CCC(C)(C)C(=O)C1=Cc2cccc(NC(C)C)c2C1.CCC(C)(C)NC1=Cc2cc(NC(C)C)ccc2C1.CCC(C)C(=O)C1=Cc2cc(NC(C)C)ccc2C1.CCC(C)NC1=Cc2cccc(NC(C)C)c2C1. The molecule has 0 saturated carbocycles. The second kappa shape index (κ2) is 39.9. The van der Waals surface area contributed by atoms with E-state index in [9.17, 15) is 14.4 Å². The van der Waals surface area contributed by atoms with E-state index in [0.717, 1.165) is 96.5 Å². The first-order valence-corrected chi connectivity index (χ1v) is 40.7. The van der Waals surface area contributed by atoms with Crippen LogP contribution in [0.15, 0.2) is 144 Å². The summed E-state index contributed by atoms with van der Waals surface area (Å²) >= 11 is 0. The monoisotopic (exact) mass is 1480 g/mol. The number of benzene rings is 6. The molecule has 0 radical (unpaired) electrons. The van der Waals surface area contributed by atoms with E-state index >= 15 is 0 Å². The molecule has 2 atom stereocenters. The fourth-order valence-electron chi connectivity index (χ4n) is 12.7. The Labute approximate surface area is 662 Å². The number of hydrogen-bond donors (Lipinski definition) is 9. The average Bonchev–Trinajstić information content (AvgIpc) is 1.68. The zero-order valence-electron chi connectivity index (χ0n) is 73.2. The number of hydrogen-bond acceptors (Lipinski definition) is 12. The normalized spacial score (nSPS) is 14.0. The Bertz CT molecular complexity index is 4040. The van der Waals surface area contributed by atoms with Crippen molar-refractivity contribution in [1.82, 2.24) is 10.6 Å². The van der Waals surface area contributed by atoms with Crippen LogP contribution in [0, 0.1) is 16.7 Å². The molecule has 4 aliphatic carbocycles. The fourth-order valence-corrected chi connectivity index (χ4v) is 12.7. The van der Waals surface area contributed by atoms with Crippen LogP contribution in [0.25, 0.3) is 24.3 Å². The smallest absolute Gasteiger partial charge is 0.168 e. The summed E-state index contributed by atoms with van der Waals surface area (Å²) in [5.74, 6) is 0.900. The van der Waals surface area contributed by atoms with Crippen LogP contribution < -0.4 is 47.9 Å². The van der Waals surface area contributed by atoms with E-state index in [2.05, 4.69) is 335 Å². The quantitative estimate of drug-likeness (QED) is 0.0265. The van der Waals surface area contributed by atoms with Gasteiger partial charge in [-0.15, -0.1) is 0 Å². The number of carbonyl (C=O) groups is 3. The van der Waals surface area contributed by atoms with Gasteiger partial charge in [0.15, 0.2) is 17.3 Å². The van der Waals surface area contributed by atoms with Gasteiger partial charge < -0.3 is 47.9 Å². The van der Waals surface area contributed by atoms with Crippen molar-refractivity contribution in [2.75, 3.05) is 37.2 Å². The highest BCUT2D eigenvalue weighted by Crippen LogP contribution is 2.38. The third kappa shape index (κ3) is 30.7.